The van der Waals surface area contributed by atoms with E-state index in [1.807, 2.05) is 11.8 Å². The summed E-state index contributed by atoms with van der Waals surface area (Å²) in [4.78, 5) is 16.7. The molecule has 1 N–H and O–H groups in total. The normalized spacial score (nSPS) is 24.4. The fourth-order valence-electron chi connectivity index (χ4n) is 3.39. The van der Waals surface area contributed by atoms with E-state index >= 15 is 0 Å². The number of likely N-dealkylation sites (tertiary alicyclic amines) is 1. The van der Waals surface area contributed by atoms with Crippen LogP contribution in [0, 0.1) is 18.8 Å². The van der Waals surface area contributed by atoms with Crippen LogP contribution in [0.4, 0.5) is 0 Å². The molecule has 2 fully saturated rings. The zero-order valence-electron chi connectivity index (χ0n) is 12.9. The van der Waals surface area contributed by atoms with E-state index in [-0.39, 0.29) is 18.3 Å². The maximum absolute atomic E-state index is 12.8. The Kier molecular flexibility index (Phi) is 6.16. The maximum Gasteiger partial charge on any atom is 0.267 e. The average molecular weight is 410 g/mol. The Morgan fingerprint density at radius 1 is 1.32 bits per heavy atom. The standard InChI is InChI=1S/C15H21BrN2O2S.ClH/c1-9-12(16)13(20-2)14(21-9)15(19)18-5-3-10-7-17-8-11(10)4-6-18;/h10-11,17H,3-8H2,1-2H3;1H/t10-,11+;. The van der Waals surface area contributed by atoms with Crippen molar-refractivity contribution in [2.75, 3.05) is 33.3 Å². The van der Waals surface area contributed by atoms with Gasteiger partial charge in [0.1, 0.15) is 4.88 Å². The summed E-state index contributed by atoms with van der Waals surface area (Å²) >= 11 is 5.03. The highest BCUT2D eigenvalue weighted by atomic mass is 79.9. The molecule has 4 nitrogen and oxygen atoms in total. The minimum atomic E-state index is 0. The highest BCUT2D eigenvalue weighted by Crippen LogP contribution is 2.40. The monoisotopic (exact) mass is 408 g/mol. The first kappa shape index (κ1) is 18.0. The largest absolute Gasteiger partial charge is 0.494 e. The van der Waals surface area contributed by atoms with Crippen molar-refractivity contribution in [1.82, 2.24) is 10.2 Å². The Morgan fingerprint density at radius 3 is 2.45 bits per heavy atom. The van der Waals surface area contributed by atoms with Gasteiger partial charge in [-0.1, -0.05) is 0 Å². The molecule has 7 heteroatoms. The molecular weight excluding hydrogens is 388 g/mol. The average Bonchev–Trinajstić information content (AvgIpc) is 2.98. The summed E-state index contributed by atoms with van der Waals surface area (Å²) < 4.78 is 6.33. The molecule has 3 rings (SSSR count). The van der Waals surface area contributed by atoms with E-state index < -0.39 is 0 Å². The molecule has 1 amide bonds. The first-order valence-electron chi connectivity index (χ1n) is 7.44. The first-order chi connectivity index (χ1) is 10.1. The highest BCUT2D eigenvalue weighted by Gasteiger charge is 2.33. The number of halogens is 2. The minimum absolute atomic E-state index is 0. The second kappa shape index (κ2) is 7.51. The summed E-state index contributed by atoms with van der Waals surface area (Å²) in [5.74, 6) is 2.29. The summed E-state index contributed by atoms with van der Waals surface area (Å²) in [7, 11) is 1.63. The van der Waals surface area contributed by atoms with Crippen LogP contribution < -0.4 is 10.1 Å². The number of thiophene rings is 1. The van der Waals surface area contributed by atoms with Crippen molar-refractivity contribution >= 4 is 45.6 Å². The molecule has 2 aliphatic rings. The fraction of sp³-hybridized carbons (Fsp3) is 0.667. The zero-order valence-corrected chi connectivity index (χ0v) is 16.1. The Hall–Kier alpha value is -0.300. The van der Waals surface area contributed by atoms with Crippen LogP contribution in [0.5, 0.6) is 5.75 Å². The number of aryl methyl sites for hydroxylation is 1. The molecule has 3 heterocycles. The molecule has 0 unspecified atom stereocenters. The molecular formula is C15H22BrClN2O2S. The number of nitrogens with zero attached hydrogens (tertiary/aromatic N) is 1. The maximum atomic E-state index is 12.8. The van der Waals surface area contributed by atoms with E-state index in [4.69, 9.17) is 4.74 Å². The van der Waals surface area contributed by atoms with Crippen molar-refractivity contribution in [2.24, 2.45) is 11.8 Å². The molecule has 2 atom stereocenters. The molecule has 2 saturated heterocycles. The molecule has 0 saturated carbocycles. The predicted octanol–water partition coefficient (Wildman–Crippen LogP) is 3.32. The molecule has 0 radical (unpaired) electrons. The first-order valence-corrected chi connectivity index (χ1v) is 9.05. The number of hydrogen-bond donors (Lipinski definition) is 1. The summed E-state index contributed by atoms with van der Waals surface area (Å²) in [6.07, 6.45) is 2.22. The lowest BCUT2D eigenvalue weighted by Crippen LogP contribution is -2.32. The second-order valence-electron chi connectivity index (χ2n) is 5.88. The van der Waals surface area contributed by atoms with E-state index in [0.29, 0.717) is 5.75 Å². The molecule has 1 aromatic rings. The van der Waals surface area contributed by atoms with Crippen LogP contribution in [0.1, 0.15) is 27.4 Å². The Labute approximate surface area is 150 Å². The molecule has 124 valence electrons. The molecule has 0 spiro atoms. The number of hydrogen-bond acceptors (Lipinski definition) is 4. The van der Waals surface area contributed by atoms with Gasteiger partial charge in [-0.3, -0.25) is 4.79 Å². The van der Waals surface area contributed by atoms with E-state index in [1.54, 1.807) is 7.11 Å². The van der Waals surface area contributed by atoms with Crippen molar-refractivity contribution in [3.05, 3.63) is 14.2 Å². The molecule has 1 aromatic heterocycles. The van der Waals surface area contributed by atoms with Crippen molar-refractivity contribution in [2.45, 2.75) is 19.8 Å². The van der Waals surface area contributed by atoms with Gasteiger partial charge in [0.05, 0.1) is 11.6 Å². The summed E-state index contributed by atoms with van der Waals surface area (Å²) in [5, 5.41) is 3.47. The van der Waals surface area contributed by atoms with Crippen LogP contribution in [0.15, 0.2) is 4.47 Å². The van der Waals surface area contributed by atoms with Gasteiger partial charge in [-0.25, -0.2) is 0 Å². The lowest BCUT2D eigenvalue weighted by atomic mass is 9.92. The lowest BCUT2D eigenvalue weighted by molar-refractivity contribution is 0.0760. The Bertz CT molecular complexity index is 538. The molecule has 22 heavy (non-hydrogen) atoms. The smallest absolute Gasteiger partial charge is 0.267 e. The third kappa shape index (κ3) is 3.30. The van der Waals surface area contributed by atoms with E-state index in [2.05, 4.69) is 21.2 Å². The lowest BCUT2D eigenvalue weighted by Gasteiger charge is -2.20. The van der Waals surface area contributed by atoms with Gasteiger partial charge in [-0.2, -0.15) is 0 Å². The van der Waals surface area contributed by atoms with Crippen molar-refractivity contribution in [1.29, 1.82) is 0 Å². The van der Waals surface area contributed by atoms with Gasteiger partial charge >= 0.3 is 0 Å². The van der Waals surface area contributed by atoms with Crippen LogP contribution in [-0.4, -0.2) is 44.1 Å². The van der Waals surface area contributed by atoms with Gasteiger partial charge in [0, 0.05) is 18.0 Å². The van der Waals surface area contributed by atoms with Gasteiger partial charge in [-0.15, -0.1) is 23.7 Å². The Morgan fingerprint density at radius 2 is 1.91 bits per heavy atom. The summed E-state index contributed by atoms with van der Waals surface area (Å²) in [6, 6.07) is 0. The number of amides is 1. The number of carbonyl (C=O) groups is 1. The predicted molar refractivity (Wildman–Crippen MR) is 95.5 cm³/mol. The highest BCUT2D eigenvalue weighted by molar-refractivity contribution is 9.10. The minimum Gasteiger partial charge on any atom is -0.494 e. The Balaban J connectivity index is 0.00000176. The third-order valence-corrected chi connectivity index (χ3v) is 6.97. The number of nitrogens with one attached hydrogen (secondary N) is 1. The molecule has 0 aliphatic carbocycles. The number of methoxy groups -OCH3 is 1. The number of ether oxygens (including phenoxy) is 1. The van der Waals surface area contributed by atoms with Crippen LogP contribution >= 0.6 is 39.7 Å². The zero-order chi connectivity index (χ0) is 15.0. The van der Waals surface area contributed by atoms with E-state index in [1.165, 1.54) is 11.3 Å². The van der Waals surface area contributed by atoms with Gasteiger partial charge < -0.3 is 15.0 Å². The number of fused-ring (bicyclic) bond motifs is 1. The van der Waals surface area contributed by atoms with Crippen molar-refractivity contribution < 1.29 is 9.53 Å². The van der Waals surface area contributed by atoms with E-state index in [0.717, 1.165) is 65.1 Å². The van der Waals surface area contributed by atoms with Gasteiger partial charge in [0.15, 0.2) is 5.75 Å². The van der Waals surface area contributed by atoms with Crippen LogP contribution in [0.3, 0.4) is 0 Å². The van der Waals surface area contributed by atoms with Gasteiger partial charge in [0.2, 0.25) is 0 Å². The van der Waals surface area contributed by atoms with Gasteiger partial charge in [0.25, 0.3) is 5.91 Å². The van der Waals surface area contributed by atoms with Gasteiger partial charge in [-0.05, 0) is 60.6 Å². The SMILES string of the molecule is COc1c(C(=O)N2CC[C@@H]3CNC[C@@H]3CC2)sc(C)c1Br.Cl. The van der Waals surface area contributed by atoms with E-state index in [9.17, 15) is 4.79 Å². The third-order valence-electron chi connectivity index (χ3n) is 4.67. The van der Waals surface area contributed by atoms with Crippen LogP contribution in [0.25, 0.3) is 0 Å². The van der Waals surface area contributed by atoms with Crippen molar-refractivity contribution in [3.8, 4) is 5.75 Å². The number of carbonyl (C=O) groups excluding carboxylic acids is 1. The number of rotatable bonds is 2. The molecule has 2 aliphatic heterocycles. The van der Waals surface area contributed by atoms with Crippen LogP contribution in [0.2, 0.25) is 0 Å². The summed E-state index contributed by atoms with van der Waals surface area (Å²) in [5.41, 5.74) is 0. The second-order valence-corrected chi connectivity index (χ2v) is 7.90. The molecule has 0 aromatic carbocycles. The fourth-order valence-corrected chi connectivity index (χ4v) is 5.11. The molecule has 0 bridgehead atoms. The summed E-state index contributed by atoms with van der Waals surface area (Å²) in [6.45, 7) is 5.95. The topological polar surface area (TPSA) is 41.6 Å². The van der Waals surface area contributed by atoms with Crippen LogP contribution in [-0.2, 0) is 0 Å². The quantitative estimate of drug-likeness (QED) is 0.814. The van der Waals surface area contributed by atoms with Crippen molar-refractivity contribution in [3.63, 3.8) is 0 Å².